The molecule has 4 rings (SSSR count). The van der Waals surface area contributed by atoms with Crippen molar-refractivity contribution < 1.29 is 82.4 Å². The lowest BCUT2D eigenvalue weighted by atomic mass is 10.00. The van der Waals surface area contributed by atoms with Gasteiger partial charge in [-0.2, -0.15) is 12.6 Å². The van der Waals surface area contributed by atoms with E-state index < -0.39 is 193 Å². The van der Waals surface area contributed by atoms with Crippen LogP contribution in [0.2, 0.25) is 0 Å². The molecule has 0 unspecified atom stereocenters. The van der Waals surface area contributed by atoms with Gasteiger partial charge in [-0.1, -0.05) is 44.2 Å². The van der Waals surface area contributed by atoms with Crippen LogP contribution in [0.15, 0.2) is 55.4 Å². The van der Waals surface area contributed by atoms with Gasteiger partial charge in [-0.15, -0.1) is 0 Å². The molecule has 0 radical (unpaired) electrons. The van der Waals surface area contributed by atoms with Crippen LogP contribution in [0.5, 0.6) is 0 Å². The smallest absolute Gasteiger partial charge is 0.326 e. The van der Waals surface area contributed by atoms with Crippen molar-refractivity contribution in [2.24, 2.45) is 28.9 Å². The number of aliphatic hydroxyl groups excluding tert-OH is 2. The van der Waals surface area contributed by atoms with E-state index in [-0.39, 0.29) is 70.2 Å². The van der Waals surface area contributed by atoms with E-state index in [9.17, 15) is 82.4 Å². The second-order valence-electron chi connectivity index (χ2n) is 23.1. The highest BCUT2D eigenvalue weighted by atomic mass is 32.1. The highest BCUT2D eigenvalue weighted by molar-refractivity contribution is 7.80. The zero-order valence-electron chi connectivity index (χ0n) is 53.4. The Kier molecular flexibility index (Phi) is 32.8. The monoisotopic (exact) mass is 1370 g/mol. The van der Waals surface area contributed by atoms with Crippen molar-refractivity contribution in [1.82, 2.24) is 78.0 Å². The van der Waals surface area contributed by atoms with Crippen LogP contribution in [0.4, 0.5) is 0 Å². The predicted molar refractivity (Wildman–Crippen MR) is 343 cm³/mol. The molecule has 0 saturated carbocycles. The molecule has 1 saturated heterocycles. The van der Waals surface area contributed by atoms with E-state index in [1.807, 2.05) is 0 Å². The quantitative estimate of drug-likeness (QED) is 0.0185. The maximum atomic E-state index is 14.3. The fraction of sp³-hybridized carbons (Fsp3) is 0.559. The summed E-state index contributed by atoms with van der Waals surface area (Å²) in [6.07, 6.45) is 4.57. The van der Waals surface area contributed by atoms with Gasteiger partial charge in [-0.3, -0.25) is 62.3 Å². The van der Waals surface area contributed by atoms with Gasteiger partial charge in [0.2, 0.25) is 76.8 Å². The molecule has 1 fully saturated rings. The van der Waals surface area contributed by atoms with Crippen LogP contribution in [0, 0.1) is 5.92 Å². The number of carbonyl (C=O) groups excluding carboxylic acids is 13. The molecule has 12 atom stereocenters. The van der Waals surface area contributed by atoms with Crippen molar-refractivity contribution >= 4 is 95.4 Å². The molecule has 0 bridgehead atoms. The minimum absolute atomic E-state index is 0.0781. The van der Waals surface area contributed by atoms with E-state index in [1.165, 1.54) is 30.7 Å². The Morgan fingerprint density at radius 3 is 1.57 bits per heavy atom. The molecular formula is C59H89N19O17S. The Balaban J connectivity index is 1.46. The summed E-state index contributed by atoms with van der Waals surface area (Å²) < 4.78 is 0. The lowest BCUT2D eigenvalue weighted by molar-refractivity contribution is -0.142. The molecule has 1 aliphatic rings. The van der Waals surface area contributed by atoms with Crippen LogP contribution in [0.1, 0.15) is 95.5 Å². The number of likely N-dealkylation sites (tertiary alicyclic amines) is 1. The number of unbranched alkanes of at least 4 members (excludes halogenated alkanes) is 1. The molecule has 0 aliphatic carbocycles. The number of benzene rings is 1. The van der Waals surface area contributed by atoms with E-state index in [0.29, 0.717) is 24.1 Å². The first-order valence-corrected chi connectivity index (χ1v) is 31.7. The average molecular weight is 1370 g/mol. The first-order valence-electron chi connectivity index (χ1n) is 31.0. The Labute approximate surface area is 557 Å². The molecule has 0 spiro atoms. The molecule has 96 heavy (non-hydrogen) atoms. The van der Waals surface area contributed by atoms with Crippen LogP contribution in [-0.4, -0.2) is 227 Å². The summed E-state index contributed by atoms with van der Waals surface area (Å²) in [6.45, 7) is 2.70. The van der Waals surface area contributed by atoms with Crippen molar-refractivity contribution in [3.63, 3.8) is 0 Å². The number of imidazole rings is 2. The molecule has 528 valence electrons. The second-order valence-corrected chi connectivity index (χ2v) is 23.5. The van der Waals surface area contributed by atoms with Crippen molar-refractivity contribution in [3.8, 4) is 0 Å². The van der Waals surface area contributed by atoms with Crippen LogP contribution in [-0.2, 0) is 86.4 Å². The largest absolute Gasteiger partial charge is 0.480 e. The van der Waals surface area contributed by atoms with Gasteiger partial charge in [-0.25, -0.2) is 14.8 Å². The molecule has 3 heterocycles. The van der Waals surface area contributed by atoms with E-state index in [2.05, 4.69) is 85.7 Å². The first kappa shape index (κ1) is 78.9. The van der Waals surface area contributed by atoms with E-state index in [0.717, 1.165) is 0 Å². The Morgan fingerprint density at radius 1 is 0.573 bits per heavy atom. The number of carboxylic acids is 1. The number of nitrogens with two attached hydrogens (primary N) is 4. The van der Waals surface area contributed by atoms with Gasteiger partial charge in [0.1, 0.15) is 66.5 Å². The summed E-state index contributed by atoms with van der Waals surface area (Å²) in [5.41, 5.74) is 23.8. The molecular weight excluding hydrogens is 1280 g/mol. The first-order chi connectivity index (χ1) is 45.6. The van der Waals surface area contributed by atoms with E-state index >= 15 is 0 Å². The highest BCUT2D eigenvalue weighted by Gasteiger charge is 2.40. The number of H-pyrrole nitrogens is 2. The molecule has 36 nitrogen and oxygen atoms in total. The third-order valence-corrected chi connectivity index (χ3v) is 15.7. The number of aliphatic carboxylic acids is 1. The fourth-order valence-corrected chi connectivity index (χ4v) is 10.2. The van der Waals surface area contributed by atoms with E-state index in [1.54, 1.807) is 50.4 Å². The van der Waals surface area contributed by atoms with Crippen molar-refractivity contribution in [2.45, 2.75) is 170 Å². The van der Waals surface area contributed by atoms with Crippen LogP contribution in [0.3, 0.4) is 0 Å². The van der Waals surface area contributed by atoms with Crippen LogP contribution < -0.4 is 76.1 Å². The SMILES string of the molecule is CC(C)[C@H](NC(=O)[C@H](C)NC(=O)[C@H](Cc1c[nH]cn1)NC(=O)[C@H](CCC(N)=O)NC(=O)[C@H](CCCCN)NC(=O)[C@H](CO)NC(=O)[C@H](CS)NC(=O)[C@H](CO)NC(=O)[C@@H]1CCCN1C(=O)[C@@H](N)Cc1c[nH]cn1)C(=O)N[C@@H](Cc1ccccc1)C(=O)N[C@@H](CCC(N)=O)C(=O)O. The summed E-state index contributed by atoms with van der Waals surface area (Å²) in [5.74, 6) is -14.7. The van der Waals surface area contributed by atoms with Crippen molar-refractivity contribution in [1.29, 1.82) is 0 Å². The predicted octanol–water partition coefficient (Wildman–Crippen LogP) is -7.34. The molecule has 37 heteroatoms. The zero-order valence-corrected chi connectivity index (χ0v) is 54.3. The van der Waals surface area contributed by atoms with Crippen LogP contribution >= 0.6 is 12.6 Å². The molecule has 1 aliphatic heterocycles. The number of primary amides is 2. The zero-order chi connectivity index (χ0) is 71.2. The summed E-state index contributed by atoms with van der Waals surface area (Å²) in [6, 6.07) is -9.34. The third kappa shape index (κ3) is 25.6. The number of hydrogen-bond donors (Lipinski definition) is 20. The Bertz CT molecular complexity index is 3130. The van der Waals surface area contributed by atoms with Gasteiger partial charge in [-0.05, 0) is 69.9 Å². The number of carboxylic acid groups (broad SMARTS) is 1. The topological polar surface area (TPSA) is 585 Å². The van der Waals surface area contributed by atoms with Gasteiger partial charge in [0, 0.05) is 56.8 Å². The van der Waals surface area contributed by atoms with Crippen molar-refractivity contribution in [3.05, 3.63) is 72.3 Å². The molecule has 1 aromatic carbocycles. The number of hydrogen-bond acceptors (Lipinski definition) is 21. The number of aromatic amines is 2. The number of carbonyl (C=O) groups is 14. The van der Waals surface area contributed by atoms with Crippen molar-refractivity contribution in [2.75, 3.05) is 32.1 Å². The lowest BCUT2D eigenvalue weighted by Crippen LogP contribution is -2.61. The average Bonchev–Trinajstić information content (AvgIpc) is 1.70. The minimum atomic E-state index is -1.81. The summed E-state index contributed by atoms with van der Waals surface area (Å²) >= 11 is 4.15. The standard InChI is InChI=1S/C59H89N19O17S/c1-30(2)47(57(92)73-39(20-32-10-5-4-6-11-32)52(87)71-38(59(94)95)15-17-46(63)82)77-48(83)31(3)68-51(86)40(22-34-24-65-29-67-34)72-50(85)37(14-16-45(62)81)70-49(84)36(12-7-8-18-60)69-53(88)41(25-79)74-55(90)43(27-96)76-54(89)42(26-80)75-56(91)44-13-9-19-78(44)58(93)35(61)21-33-23-64-28-66-33/h4-6,10-11,23-24,28-31,35-44,47,79-80,96H,7-9,12-22,25-27,60-61H2,1-3H3,(H2,62,81)(H2,63,82)(H,64,66)(H,65,67)(H,68,86)(H,69,88)(H,70,84)(H,71,87)(H,72,85)(H,73,92)(H,74,90)(H,75,91)(H,76,89)(H,77,83)(H,94,95)/t31-,35-,36-,37-,38-,39-,40-,41-,42-,43-,44-,47-/m0/s1. The number of aromatic nitrogens is 4. The highest BCUT2D eigenvalue weighted by Crippen LogP contribution is 2.20. The lowest BCUT2D eigenvalue weighted by Gasteiger charge is -2.28. The fourth-order valence-electron chi connectivity index (χ4n) is 9.91. The summed E-state index contributed by atoms with van der Waals surface area (Å²) in [7, 11) is 0. The minimum Gasteiger partial charge on any atom is -0.480 e. The Hall–Kier alpha value is -9.59. The number of nitrogens with zero attached hydrogens (tertiary/aromatic N) is 3. The van der Waals surface area contributed by atoms with Crippen LogP contribution in [0.25, 0.3) is 0 Å². The van der Waals surface area contributed by atoms with Gasteiger partial charge >= 0.3 is 5.97 Å². The molecule has 13 amide bonds. The van der Waals surface area contributed by atoms with Gasteiger partial charge in [0.05, 0.1) is 43.3 Å². The van der Waals surface area contributed by atoms with Gasteiger partial charge < -0.3 is 106 Å². The summed E-state index contributed by atoms with van der Waals surface area (Å²) in [4.78, 5) is 203. The summed E-state index contributed by atoms with van der Waals surface area (Å²) in [5, 5.41) is 54.7. The number of rotatable bonds is 42. The van der Waals surface area contributed by atoms with Gasteiger partial charge in [0.25, 0.3) is 0 Å². The molecule has 23 N–H and O–H groups in total. The normalized spacial score (nSPS) is 16.2. The maximum Gasteiger partial charge on any atom is 0.326 e. The maximum absolute atomic E-state index is 14.3. The number of amides is 13. The molecule has 2 aromatic heterocycles. The number of nitrogens with one attached hydrogen (secondary N) is 12. The van der Waals surface area contributed by atoms with Gasteiger partial charge in [0.15, 0.2) is 0 Å². The number of thiol groups is 1. The third-order valence-electron chi connectivity index (χ3n) is 15.3. The Morgan fingerprint density at radius 2 is 1.04 bits per heavy atom. The number of aliphatic hydroxyl groups is 2. The molecule has 3 aromatic rings. The van der Waals surface area contributed by atoms with E-state index in [4.69, 9.17) is 22.9 Å². The second kappa shape index (κ2) is 40.0.